The number of rotatable bonds is 9. The maximum Gasteiger partial charge on any atom is 0.119 e. The van der Waals surface area contributed by atoms with Gasteiger partial charge in [0.05, 0.1) is 18.8 Å². The first kappa shape index (κ1) is 17.0. The molecule has 0 aromatic heterocycles. The topological polar surface area (TPSA) is 39.7 Å². The van der Waals surface area contributed by atoms with Crippen molar-refractivity contribution in [3.63, 3.8) is 0 Å². The molecule has 0 aliphatic heterocycles. The van der Waals surface area contributed by atoms with E-state index >= 15 is 0 Å². The third-order valence-electron chi connectivity index (χ3n) is 2.60. The second-order valence-corrected chi connectivity index (χ2v) is 5.63. The van der Waals surface area contributed by atoms with Crippen molar-refractivity contribution in [2.45, 2.75) is 32.9 Å². The van der Waals surface area contributed by atoms with Crippen LogP contribution in [0.15, 0.2) is 24.3 Å². The number of methoxy groups -OCH3 is 1. The lowest BCUT2D eigenvalue weighted by molar-refractivity contribution is -0.0163. The molecule has 0 atom stereocenters. The summed E-state index contributed by atoms with van der Waals surface area (Å²) in [6.07, 6.45) is 0. The van der Waals surface area contributed by atoms with Crippen LogP contribution < -0.4 is 10.1 Å². The molecule has 20 heavy (non-hydrogen) atoms. The predicted octanol–water partition coefficient (Wildman–Crippen LogP) is 2.62. The Hall–Kier alpha value is -1.10. The average molecular weight is 281 g/mol. The molecular weight excluding hydrogens is 254 g/mol. The molecule has 1 rings (SSSR count). The van der Waals surface area contributed by atoms with Gasteiger partial charge in [-0.15, -0.1) is 0 Å². The Morgan fingerprint density at radius 2 is 1.90 bits per heavy atom. The van der Waals surface area contributed by atoms with Crippen LogP contribution in [0.5, 0.6) is 5.75 Å². The molecule has 4 nitrogen and oxygen atoms in total. The van der Waals surface area contributed by atoms with Crippen molar-refractivity contribution in [2.75, 3.05) is 33.5 Å². The SMILES string of the molecule is COCCNCc1cccc(OCCOC(C)(C)C)c1. The van der Waals surface area contributed by atoms with Crippen molar-refractivity contribution in [1.29, 1.82) is 0 Å². The third-order valence-corrected chi connectivity index (χ3v) is 2.60. The minimum absolute atomic E-state index is 0.115. The van der Waals surface area contributed by atoms with E-state index in [1.54, 1.807) is 7.11 Å². The standard InChI is InChI=1S/C16H27NO3/c1-16(2,3)20-11-10-19-15-7-5-6-14(12-15)13-17-8-9-18-4/h5-7,12,17H,8-11,13H2,1-4H3. The monoisotopic (exact) mass is 281 g/mol. The van der Waals surface area contributed by atoms with Gasteiger partial charge in [-0.05, 0) is 38.5 Å². The zero-order valence-electron chi connectivity index (χ0n) is 13.1. The van der Waals surface area contributed by atoms with Gasteiger partial charge in [-0.2, -0.15) is 0 Å². The van der Waals surface area contributed by atoms with Gasteiger partial charge in [0.2, 0.25) is 0 Å². The normalized spacial score (nSPS) is 11.6. The first-order valence-corrected chi connectivity index (χ1v) is 7.06. The molecule has 0 amide bonds. The molecule has 0 aliphatic carbocycles. The Bertz CT molecular complexity index is 374. The molecule has 0 radical (unpaired) electrons. The summed E-state index contributed by atoms with van der Waals surface area (Å²) in [5, 5.41) is 3.31. The Balaban J connectivity index is 2.28. The van der Waals surface area contributed by atoms with E-state index in [4.69, 9.17) is 14.2 Å². The van der Waals surface area contributed by atoms with Gasteiger partial charge in [0, 0.05) is 20.2 Å². The van der Waals surface area contributed by atoms with E-state index in [0.717, 1.165) is 25.4 Å². The molecule has 1 aromatic carbocycles. The number of hydrogen-bond donors (Lipinski definition) is 1. The van der Waals surface area contributed by atoms with Crippen LogP contribution in [0.25, 0.3) is 0 Å². The van der Waals surface area contributed by atoms with Gasteiger partial charge in [-0.3, -0.25) is 0 Å². The molecular formula is C16H27NO3. The highest BCUT2D eigenvalue weighted by Gasteiger charge is 2.09. The van der Waals surface area contributed by atoms with Gasteiger partial charge in [-0.1, -0.05) is 12.1 Å². The van der Waals surface area contributed by atoms with E-state index in [1.807, 2.05) is 32.9 Å². The zero-order chi connectivity index (χ0) is 14.8. The fraction of sp³-hybridized carbons (Fsp3) is 0.625. The van der Waals surface area contributed by atoms with Crippen LogP contribution in [-0.4, -0.2) is 39.1 Å². The molecule has 0 unspecified atom stereocenters. The van der Waals surface area contributed by atoms with Crippen molar-refractivity contribution in [1.82, 2.24) is 5.32 Å². The summed E-state index contributed by atoms with van der Waals surface area (Å²) in [7, 11) is 1.70. The lowest BCUT2D eigenvalue weighted by atomic mass is 10.2. The van der Waals surface area contributed by atoms with Gasteiger partial charge in [0.25, 0.3) is 0 Å². The van der Waals surface area contributed by atoms with Crippen molar-refractivity contribution in [2.24, 2.45) is 0 Å². The van der Waals surface area contributed by atoms with E-state index in [0.29, 0.717) is 13.2 Å². The fourth-order valence-electron chi connectivity index (χ4n) is 1.66. The maximum atomic E-state index is 5.69. The number of benzene rings is 1. The second kappa shape index (κ2) is 8.95. The Labute approximate surface area is 122 Å². The fourth-order valence-corrected chi connectivity index (χ4v) is 1.66. The first-order chi connectivity index (χ1) is 9.51. The summed E-state index contributed by atoms with van der Waals surface area (Å²) in [4.78, 5) is 0. The molecule has 0 bridgehead atoms. The van der Waals surface area contributed by atoms with Crippen molar-refractivity contribution in [3.05, 3.63) is 29.8 Å². The molecule has 0 aliphatic rings. The van der Waals surface area contributed by atoms with Gasteiger partial charge in [0.15, 0.2) is 0 Å². The van der Waals surface area contributed by atoms with Crippen LogP contribution >= 0.6 is 0 Å². The molecule has 0 heterocycles. The van der Waals surface area contributed by atoms with Crippen molar-refractivity contribution < 1.29 is 14.2 Å². The lowest BCUT2D eigenvalue weighted by Gasteiger charge is -2.19. The van der Waals surface area contributed by atoms with E-state index in [1.165, 1.54) is 5.56 Å². The lowest BCUT2D eigenvalue weighted by Crippen LogP contribution is -2.22. The highest BCUT2D eigenvalue weighted by atomic mass is 16.5. The highest BCUT2D eigenvalue weighted by molar-refractivity contribution is 5.28. The van der Waals surface area contributed by atoms with Gasteiger partial charge < -0.3 is 19.5 Å². The molecule has 0 fully saturated rings. The van der Waals surface area contributed by atoms with Crippen LogP contribution in [0.2, 0.25) is 0 Å². The Morgan fingerprint density at radius 1 is 1.10 bits per heavy atom. The molecule has 0 spiro atoms. The molecule has 114 valence electrons. The molecule has 1 aromatic rings. The second-order valence-electron chi connectivity index (χ2n) is 5.63. The summed E-state index contributed by atoms with van der Waals surface area (Å²) in [5.41, 5.74) is 1.09. The number of nitrogens with one attached hydrogen (secondary N) is 1. The summed E-state index contributed by atoms with van der Waals surface area (Å²) in [6.45, 7) is 9.68. The zero-order valence-corrected chi connectivity index (χ0v) is 13.1. The third kappa shape index (κ3) is 8.15. The summed E-state index contributed by atoms with van der Waals surface area (Å²) < 4.78 is 16.3. The Kier molecular flexibility index (Phi) is 7.59. The maximum absolute atomic E-state index is 5.69. The van der Waals surface area contributed by atoms with Crippen LogP contribution in [-0.2, 0) is 16.0 Å². The number of ether oxygens (including phenoxy) is 3. The summed E-state index contributed by atoms with van der Waals surface area (Å²) >= 11 is 0. The Morgan fingerprint density at radius 3 is 2.60 bits per heavy atom. The van der Waals surface area contributed by atoms with Crippen LogP contribution in [0.4, 0.5) is 0 Å². The van der Waals surface area contributed by atoms with Crippen LogP contribution in [0.3, 0.4) is 0 Å². The summed E-state index contributed by atoms with van der Waals surface area (Å²) in [5.74, 6) is 0.883. The predicted molar refractivity (Wildman–Crippen MR) is 81.2 cm³/mol. The summed E-state index contributed by atoms with van der Waals surface area (Å²) in [6, 6.07) is 8.11. The van der Waals surface area contributed by atoms with E-state index in [9.17, 15) is 0 Å². The van der Waals surface area contributed by atoms with Crippen LogP contribution in [0.1, 0.15) is 26.3 Å². The average Bonchev–Trinajstić information content (AvgIpc) is 2.39. The molecule has 4 heteroatoms. The molecule has 0 saturated carbocycles. The van der Waals surface area contributed by atoms with E-state index in [-0.39, 0.29) is 5.60 Å². The van der Waals surface area contributed by atoms with Crippen LogP contribution in [0, 0.1) is 0 Å². The number of hydrogen-bond acceptors (Lipinski definition) is 4. The van der Waals surface area contributed by atoms with Gasteiger partial charge in [-0.25, -0.2) is 0 Å². The van der Waals surface area contributed by atoms with E-state index < -0.39 is 0 Å². The molecule has 1 N–H and O–H groups in total. The first-order valence-electron chi connectivity index (χ1n) is 7.06. The molecule has 0 saturated heterocycles. The van der Waals surface area contributed by atoms with Crippen molar-refractivity contribution in [3.8, 4) is 5.75 Å². The van der Waals surface area contributed by atoms with Crippen molar-refractivity contribution >= 4 is 0 Å². The minimum Gasteiger partial charge on any atom is -0.491 e. The van der Waals surface area contributed by atoms with Gasteiger partial charge >= 0.3 is 0 Å². The highest BCUT2D eigenvalue weighted by Crippen LogP contribution is 2.13. The minimum atomic E-state index is -0.115. The van der Waals surface area contributed by atoms with E-state index in [2.05, 4.69) is 17.4 Å². The smallest absolute Gasteiger partial charge is 0.119 e. The largest absolute Gasteiger partial charge is 0.491 e. The van der Waals surface area contributed by atoms with Gasteiger partial charge in [0.1, 0.15) is 12.4 Å². The quantitative estimate of drug-likeness (QED) is 0.706.